The highest BCUT2D eigenvalue weighted by Crippen LogP contribution is 2.67. The Balaban J connectivity index is 1.98. The minimum atomic E-state index is -0.450. The van der Waals surface area contributed by atoms with E-state index in [1.807, 2.05) is 0 Å². The van der Waals surface area contributed by atoms with Crippen LogP contribution in [0, 0.1) is 22.7 Å². The minimum Gasteiger partial charge on any atom is -0.389 e. The van der Waals surface area contributed by atoms with Crippen LogP contribution >= 0.6 is 0 Å². The standard InChI is InChI=1S/C14H22O2/c1-12(2)8-10-9(11(12)15)4-5-14(16)7-6-13(10,14)3/h9-10,16H,4-8H2,1-3H3/t9-,10-,13+,14-/m0/s1. The van der Waals surface area contributed by atoms with Crippen LogP contribution in [0.1, 0.15) is 52.9 Å². The van der Waals surface area contributed by atoms with Crippen molar-refractivity contribution in [2.45, 2.75) is 58.5 Å². The Morgan fingerprint density at radius 1 is 1.19 bits per heavy atom. The lowest BCUT2D eigenvalue weighted by atomic mass is 9.45. The molecule has 0 aromatic heterocycles. The predicted molar refractivity (Wildman–Crippen MR) is 61.9 cm³/mol. The van der Waals surface area contributed by atoms with Crippen LogP contribution < -0.4 is 0 Å². The molecule has 0 radical (unpaired) electrons. The Labute approximate surface area is 97.4 Å². The number of rotatable bonds is 0. The maximum Gasteiger partial charge on any atom is 0.141 e. The Hall–Kier alpha value is -0.370. The smallest absolute Gasteiger partial charge is 0.141 e. The van der Waals surface area contributed by atoms with Gasteiger partial charge in [-0.05, 0) is 43.4 Å². The van der Waals surface area contributed by atoms with Crippen molar-refractivity contribution in [3.8, 4) is 0 Å². The number of hydrogen-bond acceptors (Lipinski definition) is 2. The summed E-state index contributed by atoms with van der Waals surface area (Å²) in [5.41, 5.74) is -0.576. The van der Waals surface area contributed by atoms with E-state index < -0.39 is 5.60 Å². The fraction of sp³-hybridized carbons (Fsp3) is 0.929. The Bertz CT molecular complexity index is 360. The van der Waals surface area contributed by atoms with E-state index in [1.165, 1.54) is 0 Å². The molecule has 2 nitrogen and oxygen atoms in total. The number of fused-ring (bicyclic) bond motifs is 3. The molecule has 0 spiro atoms. The predicted octanol–water partition coefficient (Wildman–Crippen LogP) is 2.54. The average Bonchev–Trinajstić information content (AvgIpc) is 2.44. The van der Waals surface area contributed by atoms with Gasteiger partial charge in [0.05, 0.1) is 5.60 Å². The second kappa shape index (κ2) is 2.72. The summed E-state index contributed by atoms with van der Waals surface area (Å²) >= 11 is 0. The molecule has 3 aliphatic rings. The molecular formula is C14H22O2. The molecule has 0 heterocycles. The summed E-state index contributed by atoms with van der Waals surface area (Å²) in [6, 6.07) is 0. The molecule has 16 heavy (non-hydrogen) atoms. The van der Waals surface area contributed by atoms with Crippen molar-refractivity contribution >= 4 is 5.78 Å². The molecule has 3 aliphatic carbocycles. The topological polar surface area (TPSA) is 37.3 Å². The van der Waals surface area contributed by atoms with Gasteiger partial charge in [0.1, 0.15) is 5.78 Å². The van der Waals surface area contributed by atoms with Crippen LogP contribution in [-0.2, 0) is 4.79 Å². The van der Waals surface area contributed by atoms with Crippen LogP contribution in [0.3, 0.4) is 0 Å². The van der Waals surface area contributed by atoms with Gasteiger partial charge in [0, 0.05) is 11.3 Å². The number of aliphatic hydroxyl groups is 1. The first-order valence-corrected chi connectivity index (χ1v) is 6.57. The van der Waals surface area contributed by atoms with Crippen LogP contribution in [0.4, 0.5) is 0 Å². The Morgan fingerprint density at radius 3 is 2.44 bits per heavy atom. The van der Waals surface area contributed by atoms with Gasteiger partial charge in [-0.1, -0.05) is 20.8 Å². The first-order valence-electron chi connectivity index (χ1n) is 6.57. The molecule has 0 aromatic rings. The van der Waals surface area contributed by atoms with Crippen LogP contribution in [0.2, 0.25) is 0 Å². The van der Waals surface area contributed by atoms with Crippen molar-refractivity contribution in [3.63, 3.8) is 0 Å². The molecule has 3 fully saturated rings. The molecule has 0 unspecified atom stereocenters. The second-order valence-corrected chi connectivity index (χ2v) is 7.15. The van der Waals surface area contributed by atoms with Gasteiger partial charge in [-0.3, -0.25) is 4.79 Å². The largest absolute Gasteiger partial charge is 0.389 e. The number of Topliss-reactive ketones (excluding diaryl/α,β-unsaturated/α-hetero) is 1. The zero-order chi connectivity index (χ0) is 11.8. The summed E-state index contributed by atoms with van der Waals surface area (Å²) in [5, 5.41) is 10.6. The summed E-state index contributed by atoms with van der Waals surface area (Å²) < 4.78 is 0. The van der Waals surface area contributed by atoms with Crippen molar-refractivity contribution in [2.24, 2.45) is 22.7 Å². The van der Waals surface area contributed by atoms with E-state index in [0.29, 0.717) is 11.7 Å². The van der Waals surface area contributed by atoms with Gasteiger partial charge in [0.15, 0.2) is 0 Å². The number of hydrogen-bond donors (Lipinski definition) is 1. The van der Waals surface area contributed by atoms with E-state index in [4.69, 9.17) is 0 Å². The fourth-order valence-electron chi connectivity index (χ4n) is 4.62. The minimum absolute atomic E-state index is 0.0271. The SMILES string of the molecule is CC1(C)C[C@H]2[C@H](CC[C@]3(O)CC[C@]23C)C1=O. The summed E-state index contributed by atoms with van der Waals surface area (Å²) in [7, 11) is 0. The van der Waals surface area contributed by atoms with E-state index in [0.717, 1.165) is 32.1 Å². The average molecular weight is 222 g/mol. The molecule has 0 saturated heterocycles. The lowest BCUT2D eigenvalue weighted by molar-refractivity contribution is -0.218. The molecule has 4 atom stereocenters. The molecule has 0 bridgehead atoms. The van der Waals surface area contributed by atoms with Crippen LogP contribution in [0.15, 0.2) is 0 Å². The molecule has 0 aromatic carbocycles. The Morgan fingerprint density at radius 2 is 1.88 bits per heavy atom. The van der Waals surface area contributed by atoms with Crippen molar-refractivity contribution in [2.75, 3.05) is 0 Å². The molecule has 0 amide bonds. The summed E-state index contributed by atoms with van der Waals surface area (Å²) in [5.74, 6) is 1.12. The molecular weight excluding hydrogens is 200 g/mol. The maximum absolute atomic E-state index is 12.3. The summed E-state index contributed by atoms with van der Waals surface area (Å²) in [6.45, 7) is 6.37. The first kappa shape index (κ1) is 10.8. The van der Waals surface area contributed by atoms with Crippen molar-refractivity contribution in [1.82, 2.24) is 0 Å². The fourth-order valence-corrected chi connectivity index (χ4v) is 4.62. The third kappa shape index (κ3) is 1.000. The van der Waals surface area contributed by atoms with Gasteiger partial charge < -0.3 is 5.11 Å². The molecule has 1 N–H and O–H groups in total. The molecule has 0 aliphatic heterocycles. The molecule has 2 heteroatoms. The van der Waals surface area contributed by atoms with Crippen molar-refractivity contribution < 1.29 is 9.90 Å². The lowest BCUT2D eigenvalue weighted by Crippen LogP contribution is -2.62. The van der Waals surface area contributed by atoms with Gasteiger partial charge >= 0.3 is 0 Å². The van der Waals surface area contributed by atoms with Crippen LogP contribution in [0.5, 0.6) is 0 Å². The van der Waals surface area contributed by atoms with Gasteiger partial charge in [-0.2, -0.15) is 0 Å². The summed E-state index contributed by atoms with van der Waals surface area (Å²) in [4.78, 5) is 12.3. The lowest BCUT2D eigenvalue weighted by Gasteiger charge is -2.62. The van der Waals surface area contributed by atoms with Gasteiger partial charge in [0.25, 0.3) is 0 Å². The van der Waals surface area contributed by atoms with Crippen molar-refractivity contribution in [3.05, 3.63) is 0 Å². The maximum atomic E-state index is 12.3. The van der Waals surface area contributed by atoms with Gasteiger partial charge in [-0.25, -0.2) is 0 Å². The van der Waals surface area contributed by atoms with E-state index in [-0.39, 0.29) is 16.7 Å². The van der Waals surface area contributed by atoms with Crippen molar-refractivity contribution in [1.29, 1.82) is 0 Å². The van der Waals surface area contributed by atoms with Gasteiger partial charge in [-0.15, -0.1) is 0 Å². The highest BCUT2D eigenvalue weighted by Gasteiger charge is 2.67. The zero-order valence-corrected chi connectivity index (χ0v) is 10.5. The van der Waals surface area contributed by atoms with Gasteiger partial charge in [0.2, 0.25) is 0 Å². The highest BCUT2D eigenvalue weighted by molar-refractivity contribution is 5.89. The third-order valence-corrected chi connectivity index (χ3v) is 6.03. The first-order chi connectivity index (χ1) is 7.30. The molecule has 90 valence electrons. The van der Waals surface area contributed by atoms with E-state index in [2.05, 4.69) is 20.8 Å². The normalized spacial score (nSPS) is 54.1. The monoisotopic (exact) mass is 222 g/mol. The third-order valence-electron chi connectivity index (χ3n) is 6.03. The second-order valence-electron chi connectivity index (χ2n) is 7.15. The number of carbonyl (C=O) groups is 1. The van der Waals surface area contributed by atoms with Crippen LogP contribution in [0.25, 0.3) is 0 Å². The quantitative estimate of drug-likeness (QED) is 0.684. The summed E-state index contributed by atoms with van der Waals surface area (Å²) in [6.07, 6.45) is 4.79. The molecule has 3 saturated carbocycles. The van der Waals surface area contributed by atoms with E-state index in [9.17, 15) is 9.90 Å². The number of carbonyl (C=O) groups excluding carboxylic acids is 1. The Kier molecular flexibility index (Phi) is 1.83. The molecule has 3 rings (SSSR count). The van der Waals surface area contributed by atoms with E-state index >= 15 is 0 Å². The van der Waals surface area contributed by atoms with Crippen LogP contribution in [-0.4, -0.2) is 16.5 Å². The van der Waals surface area contributed by atoms with E-state index in [1.54, 1.807) is 0 Å². The number of ketones is 1. The zero-order valence-electron chi connectivity index (χ0n) is 10.5. The highest BCUT2D eigenvalue weighted by atomic mass is 16.3.